The molecule has 2 aromatic heterocycles. The van der Waals surface area contributed by atoms with Gasteiger partial charge in [0.25, 0.3) is 0 Å². The molecule has 0 amide bonds. The summed E-state index contributed by atoms with van der Waals surface area (Å²) in [7, 11) is 0. The molecular weight excluding hydrogens is 524 g/mol. The van der Waals surface area contributed by atoms with Gasteiger partial charge in [0.15, 0.2) is 0 Å². The van der Waals surface area contributed by atoms with Crippen LogP contribution in [0, 0.1) is 0 Å². The molecular formula is C40H24N2O. The van der Waals surface area contributed by atoms with E-state index in [2.05, 4.69) is 121 Å². The summed E-state index contributed by atoms with van der Waals surface area (Å²) in [6.07, 6.45) is 0. The molecule has 0 saturated heterocycles. The van der Waals surface area contributed by atoms with Crippen molar-refractivity contribution in [3.05, 3.63) is 146 Å². The molecule has 9 rings (SSSR count). The second-order valence-corrected chi connectivity index (χ2v) is 11.0. The third-order valence-electron chi connectivity index (χ3n) is 8.43. The van der Waals surface area contributed by atoms with E-state index < -0.39 is 0 Å². The summed E-state index contributed by atoms with van der Waals surface area (Å²) >= 11 is 0. The third-order valence-corrected chi connectivity index (χ3v) is 8.43. The number of rotatable bonds is 3. The largest absolute Gasteiger partial charge is 0.455 e. The topological polar surface area (TPSA) is 38.9 Å². The zero-order valence-corrected chi connectivity index (χ0v) is 23.2. The molecule has 0 saturated carbocycles. The summed E-state index contributed by atoms with van der Waals surface area (Å²) in [5.41, 5.74) is 9.66. The van der Waals surface area contributed by atoms with Gasteiger partial charge >= 0.3 is 0 Å². The van der Waals surface area contributed by atoms with Gasteiger partial charge in [-0.2, -0.15) is 0 Å². The molecule has 0 aliphatic heterocycles. The summed E-state index contributed by atoms with van der Waals surface area (Å²) in [5.74, 6) is 0. The van der Waals surface area contributed by atoms with Crippen molar-refractivity contribution in [2.75, 3.05) is 0 Å². The molecule has 0 N–H and O–H groups in total. The molecule has 0 unspecified atom stereocenters. The van der Waals surface area contributed by atoms with Crippen molar-refractivity contribution < 1.29 is 4.42 Å². The molecule has 0 spiro atoms. The summed E-state index contributed by atoms with van der Waals surface area (Å²) in [6.45, 7) is 0. The summed E-state index contributed by atoms with van der Waals surface area (Å²) in [4.78, 5) is 10.4. The van der Waals surface area contributed by atoms with Crippen molar-refractivity contribution in [1.82, 2.24) is 9.97 Å². The van der Waals surface area contributed by atoms with Crippen LogP contribution in [0.15, 0.2) is 150 Å². The fourth-order valence-corrected chi connectivity index (χ4v) is 6.34. The minimum Gasteiger partial charge on any atom is -0.455 e. The number of fused-ring (bicyclic) bond motifs is 7. The van der Waals surface area contributed by atoms with E-state index in [1.165, 1.54) is 27.3 Å². The van der Waals surface area contributed by atoms with E-state index >= 15 is 0 Å². The van der Waals surface area contributed by atoms with E-state index in [-0.39, 0.29) is 0 Å². The fourth-order valence-electron chi connectivity index (χ4n) is 6.34. The van der Waals surface area contributed by atoms with Crippen molar-refractivity contribution in [2.45, 2.75) is 0 Å². The van der Waals surface area contributed by atoms with Crippen LogP contribution in [0.1, 0.15) is 0 Å². The first-order valence-corrected chi connectivity index (χ1v) is 14.5. The van der Waals surface area contributed by atoms with E-state index in [1.807, 2.05) is 24.3 Å². The Morgan fingerprint density at radius 2 is 1.02 bits per heavy atom. The van der Waals surface area contributed by atoms with Crippen LogP contribution in [0.2, 0.25) is 0 Å². The van der Waals surface area contributed by atoms with Gasteiger partial charge in [0.1, 0.15) is 11.2 Å². The first-order valence-electron chi connectivity index (χ1n) is 14.5. The average Bonchev–Trinajstić information content (AvgIpc) is 3.45. The van der Waals surface area contributed by atoms with E-state index in [9.17, 15) is 0 Å². The molecule has 43 heavy (non-hydrogen) atoms. The molecule has 0 atom stereocenters. The van der Waals surface area contributed by atoms with Crippen molar-refractivity contribution >= 4 is 54.5 Å². The highest BCUT2D eigenvalue weighted by Gasteiger charge is 2.18. The Morgan fingerprint density at radius 1 is 0.395 bits per heavy atom. The Morgan fingerprint density at radius 3 is 1.81 bits per heavy atom. The molecule has 200 valence electrons. The second-order valence-electron chi connectivity index (χ2n) is 11.0. The van der Waals surface area contributed by atoms with Crippen molar-refractivity contribution in [3.8, 4) is 33.6 Å². The van der Waals surface area contributed by atoms with Gasteiger partial charge in [-0.3, -0.25) is 0 Å². The second kappa shape index (κ2) is 9.37. The van der Waals surface area contributed by atoms with Crippen LogP contribution in [0.25, 0.3) is 88.2 Å². The summed E-state index contributed by atoms with van der Waals surface area (Å²) < 4.78 is 6.54. The van der Waals surface area contributed by atoms with Crippen LogP contribution in [-0.2, 0) is 0 Å². The van der Waals surface area contributed by atoms with Gasteiger partial charge in [0.2, 0.25) is 0 Å². The molecule has 3 nitrogen and oxygen atoms in total. The first-order chi connectivity index (χ1) is 21.3. The van der Waals surface area contributed by atoms with E-state index in [0.717, 1.165) is 60.9 Å². The fraction of sp³-hybridized carbons (Fsp3) is 0. The Labute approximate surface area is 247 Å². The smallest absolute Gasteiger partial charge is 0.143 e. The highest BCUT2D eigenvalue weighted by Crippen LogP contribution is 2.41. The number of nitrogens with zero attached hydrogens (tertiary/aromatic N) is 2. The van der Waals surface area contributed by atoms with Crippen LogP contribution in [0.5, 0.6) is 0 Å². The number of hydrogen-bond donors (Lipinski definition) is 0. The zero-order chi connectivity index (χ0) is 28.3. The number of benzene rings is 7. The minimum absolute atomic E-state index is 0.856. The highest BCUT2D eigenvalue weighted by atomic mass is 16.3. The lowest BCUT2D eigenvalue weighted by atomic mass is 9.95. The summed E-state index contributed by atoms with van der Waals surface area (Å²) in [5, 5.41) is 6.83. The Kier molecular flexibility index (Phi) is 5.20. The molecule has 0 aliphatic rings. The maximum Gasteiger partial charge on any atom is 0.143 e. The standard InChI is InChI=1S/C40H24N2O/c1-2-11-26(12-3-1)32-24-34-33-23-29(20-21-37(33)43-40(34)31-15-7-6-14-30(31)32)39-38(41-35-16-8-9-17-36(35)42-39)28-19-18-25-10-4-5-13-27(25)22-28/h1-24H. The van der Waals surface area contributed by atoms with Gasteiger partial charge in [0.05, 0.1) is 22.4 Å². The minimum atomic E-state index is 0.856. The maximum atomic E-state index is 6.54. The molecule has 0 bridgehead atoms. The highest BCUT2D eigenvalue weighted by molar-refractivity contribution is 6.19. The molecule has 9 aromatic rings. The van der Waals surface area contributed by atoms with Crippen LogP contribution >= 0.6 is 0 Å². The number of furan rings is 1. The SMILES string of the molecule is c1ccc(-c2cc3c4cc(-c5nc6ccccc6nc5-c5ccc6ccccc6c5)ccc4oc3c3ccccc23)cc1. The third kappa shape index (κ3) is 3.83. The van der Waals surface area contributed by atoms with E-state index in [0.29, 0.717) is 0 Å². The monoisotopic (exact) mass is 548 g/mol. The van der Waals surface area contributed by atoms with Gasteiger partial charge in [0, 0.05) is 27.3 Å². The van der Waals surface area contributed by atoms with Crippen LogP contribution in [-0.4, -0.2) is 9.97 Å². The predicted molar refractivity (Wildman–Crippen MR) is 178 cm³/mol. The van der Waals surface area contributed by atoms with Crippen molar-refractivity contribution in [2.24, 2.45) is 0 Å². The lowest BCUT2D eigenvalue weighted by molar-refractivity contribution is 0.673. The molecule has 3 heteroatoms. The zero-order valence-electron chi connectivity index (χ0n) is 23.2. The number of aromatic nitrogens is 2. The molecule has 2 heterocycles. The lowest BCUT2D eigenvalue weighted by Crippen LogP contribution is -1.95. The lowest BCUT2D eigenvalue weighted by Gasteiger charge is -2.12. The van der Waals surface area contributed by atoms with Gasteiger partial charge in [-0.15, -0.1) is 0 Å². The van der Waals surface area contributed by atoms with E-state index in [4.69, 9.17) is 14.4 Å². The van der Waals surface area contributed by atoms with Crippen LogP contribution < -0.4 is 0 Å². The Bertz CT molecular complexity index is 2510. The maximum absolute atomic E-state index is 6.54. The molecule has 0 radical (unpaired) electrons. The summed E-state index contributed by atoms with van der Waals surface area (Å²) in [6, 6.07) is 50.8. The Balaban J connectivity index is 1.32. The van der Waals surface area contributed by atoms with Crippen LogP contribution in [0.4, 0.5) is 0 Å². The van der Waals surface area contributed by atoms with Crippen molar-refractivity contribution in [1.29, 1.82) is 0 Å². The molecule has 7 aromatic carbocycles. The number of para-hydroxylation sites is 2. The Hall–Kier alpha value is -5.80. The molecule has 0 fully saturated rings. The normalized spacial score (nSPS) is 11.7. The number of hydrogen-bond acceptors (Lipinski definition) is 3. The van der Waals surface area contributed by atoms with Gasteiger partial charge in [-0.05, 0) is 69.8 Å². The van der Waals surface area contributed by atoms with Crippen LogP contribution in [0.3, 0.4) is 0 Å². The molecule has 0 aliphatic carbocycles. The first kappa shape index (κ1) is 23.9. The average molecular weight is 549 g/mol. The van der Waals surface area contributed by atoms with Gasteiger partial charge in [-0.1, -0.05) is 103 Å². The predicted octanol–water partition coefficient (Wildman–Crippen LogP) is 10.8. The van der Waals surface area contributed by atoms with Crippen molar-refractivity contribution in [3.63, 3.8) is 0 Å². The van der Waals surface area contributed by atoms with Gasteiger partial charge in [-0.25, -0.2) is 9.97 Å². The quantitative estimate of drug-likeness (QED) is 0.220. The van der Waals surface area contributed by atoms with Gasteiger partial charge < -0.3 is 4.42 Å². The van der Waals surface area contributed by atoms with E-state index in [1.54, 1.807) is 0 Å².